The van der Waals surface area contributed by atoms with Crippen LogP contribution in [0.1, 0.15) is 35.7 Å². The quantitative estimate of drug-likeness (QED) is 0.674. The summed E-state index contributed by atoms with van der Waals surface area (Å²) in [6, 6.07) is 11.0. The Balaban J connectivity index is 1.71. The van der Waals surface area contributed by atoms with Gasteiger partial charge in [0.15, 0.2) is 11.6 Å². The van der Waals surface area contributed by atoms with Crippen LogP contribution in [0.2, 0.25) is 0 Å². The Bertz CT molecular complexity index is 958. The molecule has 0 unspecified atom stereocenters. The summed E-state index contributed by atoms with van der Waals surface area (Å²) in [5.74, 6) is -1.81. The summed E-state index contributed by atoms with van der Waals surface area (Å²) in [5, 5.41) is 5.61. The summed E-state index contributed by atoms with van der Waals surface area (Å²) < 4.78 is 26.2. The van der Waals surface area contributed by atoms with Gasteiger partial charge in [0.25, 0.3) is 5.91 Å². The molecule has 3 aromatic rings. The van der Waals surface area contributed by atoms with E-state index in [0.29, 0.717) is 5.69 Å². The van der Waals surface area contributed by atoms with Crippen molar-refractivity contribution in [1.82, 2.24) is 9.97 Å². The number of hydrogen-bond donors (Lipinski definition) is 2. The normalized spacial score (nSPS) is 10.7. The predicted molar refractivity (Wildman–Crippen MR) is 100 cm³/mol. The lowest BCUT2D eigenvalue weighted by molar-refractivity contribution is 0.102. The Labute approximate surface area is 155 Å². The molecule has 3 rings (SSSR count). The number of rotatable bonds is 5. The van der Waals surface area contributed by atoms with Crippen LogP contribution in [0, 0.1) is 11.6 Å². The molecule has 2 aromatic carbocycles. The van der Waals surface area contributed by atoms with E-state index in [9.17, 15) is 13.6 Å². The number of benzene rings is 2. The second-order valence-electron chi connectivity index (χ2n) is 6.25. The Kier molecular flexibility index (Phi) is 5.40. The molecule has 2 N–H and O–H groups in total. The van der Waals surface area contributed by atoms with Gasteiger partial charge in [-0.3, -0.25) is 4.79 Å². The Hall–Kier alpha value is -3.35. The average molecular weight is 368 g/mol. The molecule has 138 valence electrons. The Morgan fingerprint density at radius 3 is 2.37 bits per heavy atom. The highest BCUT2D eigenvalue weighted by Gasteiger charge is 2.12. The predicted octanol–water partition coefficient (Wildman–Crippen LogP) is 4.87. The number of para-hydroxylation sites is 1. The molecule has 1 aromatic heterocycles. The van der Waals surface area contributed by atoms with Gasteiger partial charge >= 0.3 is 0 Å². The smallest absolute Gasteiger partial charge is 0.258 e. The van der Waals surface area contributed by atoms with Crippen molar-refractivity contribution < 1.29 is 13.6 Å². The highest BCUT2D eigenvalue weighted by atomic mass is 19.2. The van der Waals surface area contributed by atoms with Crippen LogP contribution in [0.3, 0.4) is 0 Å². The number of halogens is 2. The van der Waals surface area contributed by atoms with Crippen LogP contribution in [-0.4, -0.2) is 15.9 Å². The molecule has 5 nitrogen and oxygen atoms in total. The number of hydrogen-bond acceptors (Lipinski definition) is 4. The highest BCUT2D eigenvalue weighted by molar-refractivity contribution is 6.04. The van der Waals surface area contributed by atoms with Crippen LogP contribution in [0.25, 0.3) is 0 Å². The van der Waals surface area contributed by atoms with Gasteiger partial charge in [0.2, 0.25) is 5.95 Å². The van der Waals surface area contributed by atoms with E-state index in [1.165, 1.54) is 18.5 Å². The van der Waals surface area contributed by atoms with Gasteiger partial charge in [0.05, 0.1) is 5.56 Å². The SMILES string of the molecule is CC(C)c1ccccc1NC(=O)c1cnc(Nc2ccc(F)c(F)c2)nc1. The lowest BCUT2D eigenvalue weighted by Gasteiger charge is -2.13. The second kappa shape index (κ2) is 7.90. The lowest BCUT2D eigenvalue weighted by Crippen LogP contribution is -2.14. The molecule has 0 bridgehead atoms. The van der Waals surface area contributed by atoms with Crippen molar-refractivity contribution >= 4 is 23.2 Å². The van der Waals surface area contributed by atoms with E-state index >= 15 is 0 Å². The van der Waals surface area contributed by atoms with Crippen LogP contribution in [0.5, 0.6) is 0 Å². The minimum atomic E-state index is -0.972. The highest BCUT2D eigenvalue weighted by Crippen LogP contribution is 2.24. The first-order valence-electron chi connectivity index (χ1n) is 8.38. The van der Waals surface area contributed by atoms with Crippen molar-refractivity contribution in [3.05, 3.63) is 77.6 Å². The largest absolute Gasteiger partial charge is 0.324 e. The summed E-state index contributed by atoms with van der Waals surface area (Å²) >= 11 is 0. The van der Waals surface area contributed by atoms with Crippen molar-refractivity contribution in [2.24, 2.45) is 0 Å². The zero-order chi connectivity index (χ0) is 19.4. The molecule has 0 saturated heterocycles. The lowest BCUT2D eigenvalue weighted by atomic mass is 10.0. The third-order valence-corrected chi connectivity index (χ3v) is 3.92. The summed E-state index contributed by atoms with van der Waals surface area (Å²) in [7, 11) is 0. The Morgan fingerprint density at radius 1 is 1.00 bits per heavy atom. The van der Waals surface area contributed by atoms with E-state index in [-0.39, 0.29) is 23.3 Å². The summed E-state index contributed by atoms with van der Waals surface area (Å²) in [6.45, 7) is 4.10. The van der Waals surface area contributed by atoms with E-state index in [2.05, 4.69) is 20.6 Å². The molecule has 0 fully saturated rings. The minimum absolute atomic E-state index is 0.167. The van der Waals surface area contributed by atoms with E-state index < -0.39 is 11.6 Å². The molecular formula is C20H18F2N4O. The van der Waals surface area contributed by atoms with Crippen molar-refractivity contribution in [2.45, 2.75) is 19.8 Å². The van der Waals surface area contributed by atoms with Gasteiger partial charge in [-0.1, -0.05) is 32.0 Å². The van der Waals surface area contributed by atoms with Gasteiger partial charge in [-0.15, -0.1) is 0 Å². The van der Waals surface area contributed by atoms with Crippen molar-refractivity contribution in [1.29, 1.82) is 0 Å². The fourth-order valence-corrected chi connectivity index (χ4v) is 2.52. The van der Waals surface area contributed by atoms with Crippen molar-refractivity contribution in [3.8, 4) is 0 Å². The molecule has 0 saturated carbocycles. The van der Waals surface area contributed by atoms with E-state index in [1.54, 1.807) is 0 Å². The van der Waals surface area contributed by atoms with E-state index in [1.807, 2.05) is 38.1 Å². The molecule has 0 aliphatic rings. The number of amides is 1. The molecule has 0 spiro atoms. The molecule has 1 amide bonds. The number of carbonyl (C=O) groups excluding carboxylic acids is 1. The molecule has 0 aliphatic heterocycles. The molecule has 0 aliphatic carbocycles. The maximum absolute atomic E-state index is 13.2. The fourth-order valence-electron chi connectivity index (χ4n) is 2.52. The Morgan fingerprint density at radius 2 is 1.70 bits per heavy atom. The van der Waals surface area contributed by atoms with E-state index in [0.717, 1.165) is 23.4 Å². The van der Waals surface area contributed by atoms with Crippen LogP contribution >= 0.6 is 0 Å². The van der Waals surface area contributed by atoms with Gasteiger partial charge in [-0.05, 0) is 29.7 Å². The molecule has 7 heteroatoms. The van der Waals surface area contributed by atoms with Crippen LogP contribution in [0.4, 0.5) is 26.1 Å². The van der Waals surface area contributed by atoms with Gasteiger partial charge in [-0.25, -0.2) is 18.7 Å². The minimum Gasteiger partial charge on any atom is -0.324 e. The summed E-state index contributed by atoms with van der Waals surface area (Å²) in [4.78, 5) is 20.5. The van der Waals surface area contributed by atoms with Gasteiger partial charge in [0, 0.05) is 29.8 Å². The van der Waals surface area contributed by atoms with Crippen LogP contribution in [-0.2, 0) is 0 Å². The average Bonchev–Trinajstić information content (AvgIpc) is 2.65. The standard InChI is InChI=1S/C20H18F2N4O/c1-12(2)15-5-3-4-6-18(15)26-19(27)13-10-23-20(24-11-13)25-14-7-8-16(21)17(22)9-14/h3-12H,1-2H3,(H,26,27)(H,23,24,25). The number of carbonyl (C=O) groups is 1. The zero-order valence-electron chi connectivity index (χ0n) is 14.8. The molecule has 0 radical (unpaired) electrons. The van der Waals surface area contributed by atoms with Crippen LogP contribution in [0.15, 0.2) is 54.9 Å². The third kappa shape index (κ3) is 4.44. The van der Waals surface area contributed by atoms with Gasteiger partial charge in [0.1, 0.15) is 0 Å². The summed E-state index contributed by atoms with van der Waals surface area (Å²) in [6.07, 6.45) is 2.73. The molecule has 27 heavy (non-hydrogen) atoms. The first-order valence-corrected chi connectivity index (χ1v) is 8.38. The summed E-state index contributed by atoms with van der Waals surface area (Å²) in [5.41, 5.74) is 2.35. The fraction of sp³-hybridized carbons (Fsp3) is 0.150. The monoisotopic (exact) mass is 368 g/mol. The molecule has 1 heterocycles. The first-order chi connectivity index (χ1) is 12.9. The van der Waals surface area contributed by atoms with Gasteiger partial charge in [-0.2, -0.15) is 0 Å². The number of nitrogens with zero attached hydrogens (tertiary/aromatic N) is 2. The number of anilines is 3. The second-order valence-corrected chi connectivity index (χ2v) is 6.25. The molecular weight excluding hydrogens is 350 g/mol. The van der Waals surface area contributed by atoms with Crippen LogP contribution < -0.4 is 10.6 Å². The van der Waals surface area contributed by atoms with Crippen molar-refractivity contribution in [2.75, 3.05) is 10.6 Å². The van der Waals surface area contributed by atoms with Gasteiger partial charge < -0.3 is 10.6 Å². The first kappa shape index (κ1) is 18.4. The van der Waals surface area contributed by atoms with Crippen molar-refractivity contribution in [3.63, 3.8) is 0 Å². The van der Waals surface area contributed by atoms with E-state index in [4.69, 9.17) is 0 Å². The third-order valence-electron chi connectivity index (χ3n) is 3.92. The maximum Gasteiger partial charge on any atom is 0.258 e. The maximum atomic E-state index is 13.2. The number of nitrogens with one attached hydrogen (secondary N) is 2. The topological polar surface area (TPSA) is 66.9 Å². The number of aromatic nitrogens is 2. The zero-order valence-corrected chi connectivity index (χ0v) is 14.8. The molecule has 0 atom stereocenters.